The lowest BCUT2D eigenvalue weighted by Crippen LogP contribution is -2.52. The van der Waals surface area contributed by atoms with E-state index in [0.29, 0.717) is 34.3 Å². The van der Waals surface area contributed by atoms with Gasteiger partial charge in [-0.3, -0.25) is 13.9 Å². The first-order valence-electron chi connectivity index (χ1n) is 12.7. The maximum Gasteiger partial charge on any atom is 0.264 e. The topological polar surface area (TPSA) is 86.8 Å². The lowest BCUT2D eigenvalue weighted by atomic mass is 10.1. The molecule has 10 heteroatoms. The molecule has 0 radical (unpaired) electrons. The Hall–Kier alpha value is -3.07. The van der Waals surface area contributed by atoms with Crippen molar-refractivity contribution in [3.05, 3.63) is 93.5 Å². The van der Waals surface area contributed by atoms with Gasteiger partial charge in [0.05, 0.1) is 10.6 Å². The molecule has 0 saturated heterocycles. The van der Waals surface area contributed by atoms with E-state index in [9.17, 15) is 18.0 Å². The van der Waals surface area contributed by atoms with E-state index in [2.05, 4.69) is 5.32 Å². The quantitative estimate of drug-likeness (QED) is 0.308. The van der Waals surface area contributed by atoms with Crippen LogP contribution in [-0.2, 0) is 26.2 Å². The van der Waals surface area contributed by atoms with Crippen molar-refractivity contribution in [2.45, 2.75) is 51.6 Å². The first kappa shape index (κ1) is 30.5. The summed E-state index contributed by atoms with van der Waals surface area (Å²) in [5, 5.41) is 3.45. The lowest BCUT2D eigenvalue weighted by molar-refractivity contribution is -0.140. The van der Waals surface area contributed by atoms with E-state index in [1.54, 1.807) is 68.4 Å². The first-order valence-corrected chi connectivity index (χ1v) is 14.8. The maximum atomic E-state index is 14.0. The van der Waals surface area contributed by atoms with Crippen LogP contribution in [0.5, 0.6) is 0 Å². The molecule has 3 aromatic rings. The molecule has 0 aliphatic rings. The third-order valence-electron chi connectivity index (χ3n) is 6.34. The summed E-state index contributed by atoms with van der Waals surface area (Å²) in [5.74, 6) is -0.917. The number of hydrogen-bond donors (Lipinski definition) is 1. The van der Waals surface area contributed by atoms with Crippen molar-refractivity contribution in [2.75, 3.05) is 17.4 Å². The Kier molecular flexibility index (Phi) is 10.4. The van der Waals surface area contributed by atoms with Gasteiger partial charge < -0.3 is 10.2 Å². The van der Waals surface area contributed by atoms with Crippen LogP contribution in [0.15, 0.2) is 71.6 Å². The molecule has 0 aromatic heterocycles. The summed E-state index contributed by atoms with van der Waals surface area (Å²) >= 11 is 12.8. The van der Waals surface area contributed by atoms with Gasteiger partial charge in [-0.1, -0.05) is 71.6 Å². The molecule has 39 heavy (non-hydrogen) atoms. The highest BCUT2D eigenvalue weighted by atomic mass is 35.5. The van der Waals surface area contributed by atoms with E-state index in [1.807, 2.05) is 13.8 Å². The molecule has 0 saturated carbocycles. The molecular weight excluding hydrogens is 557 g/mol. The van der Waals surface area contributed by atoms with Crippen molar-refractivity contribution in [1.29, 1.82) is 0 Å². The number of hydrogen-bond acceptors (Lipinski definition) is 4. The number of benzene rings is 3. The molecule has 3 rings (SSSR count). The summed E-state index contributed by atoms with van der Waals surface area (Å²) in [4.78, 5) is 28.4. The molecular formula is C29H33Cl2N3O4S. The van der Waals surface area contributed by atoms with E-state index in [4.69, 9.17) is 23.2 Å². The Morgan fingerprint density at radius 2 is 1.41 bits per heavy atom. The Labute approximate surface area is 240 Å². The van der Waals surface area contributed by atoms with Crippen molar-refractivity contribution in [3.63, 3.8) is 0 Å². The monoisotopic (exact) mass is 589 g/mol. The number of sulfonamides is 1. The largest absolute Gasteiger partial charge is 0.355 e. The number of nitrogens with zero attached hydrogens (tertiary/aromatic N) is 2. The summed E-state index contributed by atoms with van der Waals surface area (Å²) in [5.41, 5.74) is 2.65. The average Bonchev–Trinajstić information content (AvgIpc) is 2.89. The fourth-order valence-corrected chi connectivity index (χ4v) is 6.07. The molecule has 2 amide bonds. The molecule has 0 unspecified atom stereocenters. The number of anilines is 1. The smallest absolute Gasteiger partial charge is 0.264 e. The fourth-order valence-electron chi connectivity index (χ4n) is 4.14. The molecule has 0 bridgehead atoms. The minimum absolute atomic E-state index is 0.0536. The Morgan fingerprint density at radius 3 is 1.92 bits per heavy atom. The van der Waals surface area contributed by atoms with Gasteiger partial charge in [-0.25, -0.2) is 8.42 Å². The Bertz CT molecular complexity index is 1390. The third kappa shape index (κ3) is 7.32. The van der Waals surface area contributed by atoms with E-state index >= 15 is 0 Å². The van der Waals surface area contributed by atoms with Crippen LogP contribution in [0.25, 0.3) is 0 Å². The van der Waals surface area contributed by atoms with Gasteiger partial charge in [-0.15, -0.1) is 0 Å². The molecule has 208 valence electrons. The highest BCUT2D eigenvalue weighted by Gasteiger charge is 2.34. The second kappa shape index (κ2) is 13.3. The normalized spacial score (nSPS) is 12.1. The van der Waals surface area contributed by atoms with Gasteiger partial charge in [-0.05, 0) is 63.6 Å². The van der Waals surface area contributed by atoms with Crippen LogP contribution in [0.2, 0.25) is 10.0 Å². The van der Waals surface area contributed by atoms with E-state index < -0.39 is 28.5 Å². The van der Waals surface area contributed by atoms with Crippen LogP contribution in [0, 0.1) is 13.8 Å². The molecule has 0 spiro atoms. The first-order chi connectivity index (χ1) is 18.5. The van der Waals surface area contributed by atoms with Gasteiger partial charge in [0.1, 0.15) is 12.6 Å². The van der Waals surface area contributed by atoms with Crippen LogP contribution < -0.4 is 9.62 Å². The van der Waals surface area contributed by atoms with Gasteiger partial charge >= 0.3 is 0 Å². The summed E-state index contributed by atoms with van der Waals surface area (Å²) in [6, 6.07) is 17.4. The third-order valence-corrected chi connectivity index (χ3v) is 8.83. The Balaban J connectivity index is 2.09. The number of amides is 2. The van der Waals surface area contributed by atoms with E-state index in [0.717, 1.165) is 15.4 Å². The Morgan fingerprint density at radius 1 is 0.872 bits per heavy atom. The summed E-state index contributed by atoms with van der Waals surface area (Å²) in [7, 11) is -4.13. The number of halogens is 2. The zero-order valence-corrected chi connectivity index (χ0v) is 24.8. The fraction of sp³-hybridized carbons (Fsp3) is 0.310. The second-order valence-electron chi connectivity index (χ2n) is 9.20. The molecule has 0 fully saturated rings. The predicted molar refractivity (Wildman–Crippen MR) is 157 cm³/mol. The van der Waals surface area contributed by atoms with Crippen molar-refractivity contribution < 1.29 is 18.0 Å². The average molecular weight is 591 g/mol. The predicted octanol–water partition coefficient (Wildman–Crippen LogP) is 5.75. The lowest BCUT2D eigenvalue weighted by Gasteiger charge is -2.33. The molecule has 0 aliphatic heterocycles. The molecule has 0 aliphatic carbocycles. The minimum atomic E-state index is -4.13. The molecule has 3 aromatic carbocycles. The van der Waals surface area contributed by atoms with Crippen molar-refractivity contribution in [3.8, 4) is 0 Å². The van der Waals surface area contributed by atoms with Crippen LogP contribution in [0.4, 0.5) is 5.69 Å². The highest BCUT2D eigenvalue weighted by Crippen LogP contribution is 2.29. The SMILES string of the molecule is CCNC(=O)[C@H](CC)N(Cc1c(Cl)cccc1Cl)C(=O)CN(c1ccc(C)cc1)S(=O)(=O)c1ccc(C)cc1. The van der Waals surface area contributed by atoms with Crippen molar-refractivity contribution in [2.24, 2.45) is 0 Å². The summed E-state index contributed by atoms with van der Waals surface area (Å²) in [6.07, 6.45) is 0.300. The minimum Gasteiger partial charge on any atom is -0.355 e. The number of carbonyl (C=O) groups excluding carboxylic acids is 2. The standard InChI is InChI=1S/C29H33Cl2N3O4S/c1-5-27(29(36)32-6-2)33(18-24-25(30)8-7-9-26(24)31)28(35)19-34(22-14-10-20(3)11-15-22)39(37,38)23-16-12-21(4)13-17-23/h7-17,27H,5-6,18-19H2,1-4H3,(H,32,36)/t27-/m0/s1. The van der Waals surface area contributed by atoms with Crippen LogP contribution >= 0.6 is 23.2 Å². The number of carbonyl (C=O) groups is 2. The number of aryl methyl sites for hydroxylation is 2. The molecule has 0 heterocycles. The van der Waals surface area contributed by atoms with Crippen molar-refractivity contribution >= 4 is 50.7 Å². The molecule has 1 N–H and O–H groups in total. The zero-order valence-electron chi connectivity index (χ0n) is 22.4. The van der Waals surface area contributed by atoms with Crippen LogP contribution in [-0.4, -0.2) is 44.3 Å². The van der Waals surface area contributed by atoms with E-state index in [-0.39, 0.29) is 17.3 Å². The van der Waals surface area contributed by atoms with Crippen LogP contribution in [0.3, 0.4) is 0 Å². The maximum absolute atomic E-state index is 14.0. The summed E-state index contributed by atoms with van der Waals surface area (Å²) < 4.78 is 28.8. The molecule has 1 atom stereocenters. The highest BCUT2D eigenvalue weighted by molar-refractivity contribution is 7.92. The van der Waals surface area contributed by atoms with Gasteiger partial charge in [-0.2, -0.15) is 0 Å². The van der Waals surface area contributed by atoms with Gasteiger partial charge in [0.25, 0.3) is 10.0 Å². The number of rotatable bonds is 11. The van der Waals surface area contributed by atoms with Gasteiger partial charge in [0.15, 0.2) is 0 Å². The summed E-state index contributed by atoms with van der Waals surface area (Å²) in [6.45, 7) is 7.10. The zero-order chi connectivity index (χ0) is 28.7. The number of nitrogens with one attached hydrogen (secondary N) is 1. The number of likely N-dealkylation sites (N-methyl/N-ethyl adjacent to an activating group) is 1. The second-order valence-corrected chi connectivity index (χ2v) is 11.9. The van der Waals surface area contributed by atoms with Crippen molar-refractivity contribution in [1.82, 2.24) is 10.2 Å². The molecule has 7 nitrogen and oxygen atoms in total. The van der Waals surface area contributed by atoms with Gasteiger partial charge in [0.2, 0.25) is 11.8 Å². The van der Waals surface area contributed by atoms with E-state index in [1.165, 1.54) is 17.0 Å². The van der Waals surface area contributed by atoms with Crippen LogP contribution in [0.1, 0.15) is 37.0 Å². The van der Waals surface area contributed by atoms with Gasteiger partial charge in [0, 0.05) is 28.7 Å².